The highest BCUT2D eigenvalue weighted by molar-refractivity contribution is 5.79. The van der Waals surface area contributed by atoms with Crippen LogP contribution in [0.15, 0.2) is 41.2 Å². The van der Waals surface area contributed by atoms with Crippen molar-refractivity contribution < 1.29 is 13.5 Å². The van der Waals surface area contributed by atoms with E-state index in [1.54, 1.807) is 24.3 Å². The number of ether oxygens (including phenoxy) is 1. The van der Waals surface area contributed by atoms with Crippen molar-refractivity contribution in [3.8, 4) is 17.1 Å². The van der Waals surface area contributed by atoms with Crippen molar-refractivity contribution in [2.24, 2.45) is 0 Å². The van der Waals surface area contributed by atoms with Crippen LogP contribution in [-0.2, 0) is 0 Å². The molecule has 6 heteroatoms. The zero-order valence-electron chi connectivity index (χ0n) is 11.0. The molecule has 1 aromatic heterocycles. The van der Waals surface area contributed by atoms with Crippen LogP contribution < -0.4 is 10.3 Å². The van der Waals surface area contributed by atoms with Crippen LogP contribution in [0.5, 0.6) is 5.75 Å². The van der Waals surface area contributed by atoms with Crippen molar-refractivity contribution in [2.75, 3.05) is 7.11 Å². The van der Waals surface area contributed by atoms with Crippen LogP contribution in [0.2, 0.25) is 0 Å². The summed E-state index contributed by atoms with van der Waals surface area (Å²) in [4.78, 5) is 18.7. The van der Waals surface area contributed by atoms with Crippen LogP contribution in [0.3, 0.4) is 0 Å². The lowest BCUT2D eigenvalue weighted by molar-refractivity contribution is 0.415. The lowest BCUT2D eigenvalue weighted by Crippen LogP contribution is -2.10. The van der Waals surface area contributed by atoms with Gasteiger partial charge in [0.25, 0.3) is 5.56 Å². The van der Waals surface area contributed by atoms with Gasteiger partial charge in [-0.25, -0.2) is 13.8 Å². The van der Waals surface area contributed by atoms with Gasteiger partial charge >= 0.3 is 0 Å². The number of aromatic amines is 1. The summed E-state index contributed by atoms with van der Waals surface area (Å²) in [5, 5.41) is 0.000506. The minimum Gasteiger partial charge on any atom is -0.497 e. The Balaban J connectivity index is 2.24. The third-order valence-corrected chi connectivity index (χ3v) is 3.09. The van der Waals surface area contributed by atoms with Gasteiger partial charge < -0.3 is 9.72 Å². The van der Waals surface area contributed by atoms with E-state index in [9.17, 15) is 13.6 Å². The lowest BCUT2D eigenvalue weighted by Gasteiger charge is -2.05. The SMILES string of the molecule is COc1cccc(-c2nc3cc(F)c(F)cc3c(=O)[nH]2)c1. The van der Waals surface area contributed by atoms with E-state index in [2.05, 4.69) is 9.97 Å². The molecular weight excluding hydrogens is 278 g/mol. The van der Waals surface area contributed by atoms with Crippen LogP contribution in [-0.4, -0.2) is 17.1 Å². The topological polar surface area (TPSA) is 55.0 Å². The van der Waals surface area contributed by atoms with E-state index in [4.69, 9.17) is 4.74 Å². The standard InChI is InChI=1S/C15H10F2N2O2/c1-21-9-4-2-3-8(5-9)14-18-13-7-12(17)11(16)6-10(13)15(20)19-14/h2-7H,1H3,(H,18,19,20). The van der Waals surface area contributed by atoms with Gasteiger partial charge in [-0.2, -0.15) is 0 Å². The minimum absolute atomic E-state index is 0.000506. The summed E-state index contributed by atoms with van der Waals surface area (Å²) in [6.45, 7) is 0. The molecule has 3 rings (SSSR count). The molecule has 0 unspecified atom stereocenters. The number of fused-ring (bicyclic) bond motifs is 1. The van der Waals surface area contributed by atoms with Gasteiger partial charge in [0.05, 0.1) is 18.0 Å². The molecule has 0 aliphatic heterocycles. The summed E-state index contributed by atoms with van der Waals surface area (Å²) in [7, 11) is 1.52. The highest BCUT2D eigenvalue weighted by atomic mass is 19.2. The van der Waals surface area contributed by atoms with Crippen LogP contribution in [0, 0.1) is 11.6 Å². The molecule has 1 N–H and O–H groups in total. The van der Waals surface area contributed by atoms with Gasteiger partial charge in [-0.1, -0.05) is 12.1 Å². The van der Waals surface area contributed by atoms with Crippen molar-refractivity contribution in [2.45, 2.75) is 0 Å². The number of nitrogens with zero attached hydrogens (tertiary/aromatic N) is 1. The predicted molar refractivity (Wildman–Crippen MR) is 74.3 cm³/mol. The number of aromatic nitrogens is 2. The Labute approximate surface area is 118 Å². The summed E-state index contributed by atoms with van der Waals surface area (Å²) >= 11 is 0. The maximum absolute atomic E-state index is 13.3. The lowest BCUT2D eigenvalue weighted by atomic mass is 10.2. The molecule has 21 heavy (non-hydrogen) atoms. The molecule has 0 radical (unpaired) electrons. The fourth-order valence-corrected chi connectivity index (χ4v) is 2.04. The third kappa shape index (κ3) is 2.35. The van der Waals surface area contributed by atoms with Crippen LogP contribution in [0.4, 0.5) is 8.78 Å². The second kappa shape index (κ2) is 4.97. The number of rotatable bonds is 2. The zero-order chi connectivity index (χ0) is 15.0. The molecule has 0 saturated heterocycles. The Hall–Kier alpha value is -2.76. The second-order valence-electron chi connectivity index (χ2n) is 4.43. The fourth-order valence-electron chi connectivity index (χ4n) is 2.04. The first kappa shape index (κ1) is 13.2. The Bertz CT molecular complexity index is 890. The molecule has 0 aliphatic rings. The minimum atomic E-state index is -1.08. The molecule has 106 valence electrons. The first-order valence-corrected chi connectivity index (χ1v) is 6.12. The average molecular weight is 288 g/mol. The van der Waals surface area contributed by atoms with E-state index < -0.39 is 17.2 Å². The maximum atomic E-state index is 13.3. The van der Waals surface area contributed by atoms with E-state index in [-0.39, 0.29) is 16.7 Å². The highest BCUT2D eigenvalue weighted by Crippen LogP contribution is 2.22. The van der Waals surface area contributed by atoms with E-state index in [1.807, 2.05) is 0 Å². The first-order chi connectivity index (χ1) is 10.1. The number of hydrogen-bond donors (Lipinski definition) is 1. The normalized spacial score (nSPS) is 10.8. The molecule has 3 aromatic rings. The van der Waals surface area contributed by atoms with Crippen molar-refractivity contribution in [1.82, 2.24) is 9.97 Å². The van der Waals surface area contributed by atoms with Crippen LogP contribution in [0.25, 0.3) is 22.3 Å². The van der Waals surface area contributed by atoms with Gasteiger partial charge in [-0.05, 0) is 18.2 Å². The second-order valence-corrected chi connectivity index (χ2v) is 4.43. The average Bonchev–Trinajstić information content (AvgIpc) is 2.49. The van der Waals surface area contributed by atoms with Gasteiger partial charge in [0.1, 0.15) is 11.6 Å². The van der Waals surface area contributed by atoms with Gasteiger partial charge in [-0.15, -0.1) is 0 Å². The Morgan fingerprint density at radius 2 is 1.90 bits per heavy atom. The van der Waals surface area contributed by atoms with Gasteiger partial charge in [-0.3, -0.25) is 4.79 Å². The number of halogens is 2. The van der Waals surface area contributed by atoms with Crippen molar-refractivity contribution in [1.29, 1.82) is 0 Å². The molecule has 4 nitrogen and oxygen atoms in total. The summed E-state index contributed by atoms with van der Waals surface area (Å²) in [5.74, 6) is -1.26. The van der Waals surface area contributed by atoms with Crippen LogP contribution in [0.1, 0.15) is 0 Å². The van der Waals surface area contributed by atoms with E-state index in [0.29, 0.717) is 11.3 Å². The predicted octanol–water partition coefficient (Wildman–Crippen LogP) is 2.88. The van der Waals surface area contributed by atoms with Gasteiger partial charge in [0.2, 0.25) is 0 Å². The molecule has 0 saturated carbocycles. The molecular formula is C15H10F2N2O2. The highest BCUT2D eigenvalue weighted by Gasteiger charge is 2.11. The summed E-state index contributed by atoms with van der Waals surface area (Å²) < 4.78 is 31.6. The first-order valence-electron chi connectivity index (χ1n) is 6.12. The summed E-state index contributed by atoms with van der Waals surface area (Å²) in [6, 6.07) is 8.65. The quantitative estimate of drug-likeness (QED) is 0.789. The Kier molecular flexibility index (Phi) is 3.13. The molecule has 0 fully saturated rings. The molecule has 0 spiro atoms. The van der Waals surface area contributed by atoms with E-state index in [1.165, 1.54) is 7.11 Å². The third-order valence-electron chi connectivity index (χ3n) is 3.09. The number of benzene rings is 2. The molecule has 0 aliphatic carbocycles. The summed E-state index contributed by atoms with van der Waals surface area (Å²) in [6.07, 6.45) is 0. The Morgan fingerprint density at radius 1 is 1.14 bits per heavy atom. The zero-order valence-corrected chi connectivity index (χ0v) is 11.0. The molecule has 0 amide bonds. The monoisotopic (exact) mass is 288 g/mol. The smallest absolute Gasteiger partial charge is 0.259 e. The molecule has 0 bridgehead atoms. The van der Waals surface area contributed by atoms with Crippen LogP contribution >= 0.6 is 0 Å². The molecule has 1 heterocycles. The molecule has 2 aromatic carbocycles. The van der Waals surface area contributed by atoms with Gasteiger partial charge in [0.15, 0.2) is 11.6 Å². The van der Waals surface area contributed by atoms with Crippen molar-refractivity contribution >= 4 is 10.9 Å². The summed E-state index contributed by atoms with van der Waals surface area (Å²) in [5.41, 5.74) is 0.172. The Morgan fingerprint density at radius 3 is 2.67 bits per heavy atom. The number of nitrogens with one attached hydrogen (secondary N) is 1. The number of hydrogen-bond acceptors (Lipinski definition) is 3. The van der Waals surface area contributed by atoms with E-state index in [0.717, 1.165) is 12.1 Å². The van der Waals surface area contributed by atoms with Crippen molar-refractivity contribution in [3.05, 3.63) is 58.4 Å². The number of H-pyrrole nitrogens is 1. The van der Waals surface area contributed by atoms with E-state index >= 15 is 0 Å². The maximum Gasteiger partial charge on any atom is 0.259 e. The largest absolute Gasteiger partial charge is 0.497 e. The van der Waals surface area contributed by atoms with Gasteiger partial charge in [0, 0.05) is 11.6 Å². The van der Waals surface area contributed by atoms with Crippen molar-refractivity contribution in [3.63, 3.8) is 0 Å². The molecule has 0 atom stereocenters. The fraction of sp³-hybridized carbons (Fsp3) is 0.0667. The number of methoxy groups -OCH3 is 1.